The molecule has 2 heterocycles. The number of aliphatic carboxylic acids is 1. The highest BCUT2D eigenvalue weighted by Gasteiger charge is 2.41. The molecule has 6 nitrogen and oxygen atoms in total. The van der Waals surface area contributed by atoms with Gasteiger partial charge in [0.05, 0.1) is 41.6 Å². The number of carbonyl (C=O) groups is 1. The van der Waals surface area contributed by atoms with Gasteiger partial charge >= 0.3 is 5.97 Å². The van der Waals surface area contributed by atoms with Crippen LogP contribution in [0.1, 0.15) is 24.1 Å². The van der Waals surface area contributed by atoms with Gasteiger partial charge in [-0.2, -0.15) is 0 Å². The molecule has 0 saturated carbocycles. The van der Waals surface area contributed by atoms with Crippen LogP contribution in [-0.2, 0) is 4.79 Å². The molecule has 0 aliphatic carbocycles. The van der Waals surface area contributed by atoms with Gasteiger partial charge in [0.1, 0.15) is 0 Å². The number of hydrogen-bond donors (Lipinski definition) is 1. The Kier molecular flexibility index (Phi) is 5.92. The number of ether oxygens (including phenoxy) is 2. The van der Waals surface area contributed by atoms with Crippen LogP contribution in [0.25, 0.3) is 4.91 Å². The number of para-hydroxylation sites is 1. The first kappa shape index (κ1) is 21.6. The van der Waals surface area contributed by atoms with E-state index in [9.17, 15) is 9.90 Å². The van der Waals surface area contributed by atoms with E-state index in [0.717, 1.165) is 4.91 Å². The Morgan fingerprint density at radius 1 is 1.13 bits per heavy atom. The smallest absolute Gasteiger partial charge is 0.335 e. The monoisotopic (exact) mass is 476 g/mol. The van der Waals surface area contributed by atoms with Crippen LogP contribution in [-0.4, -0.2) is 35.4 Å². The summed E-state index contributed by atoms with van der Waals surface area (Å²) in [5.74, 6) is -0.0834. The van der Waals surface area contributed by atoms with Crippen LogP contribution < -0.4 is 9.47 Å². The Labute approximate surface area is 193 Å². The normalized spacial score (nSPS) is 17.8. The van der Waals surface area contributed by atoms with Crippen molar-refractivity contribution >= 4 is 51.0 Å². The van der Waals surface area contributed by atoms with Gasteiger partial charge in [0, 0.05) is 22.2 Å². The number of nitrogens with zero attached hydrogens (tertiary/aromatic N) is 2. The average molecular weight is 477 g/mol. The van der Waals surface area contributed by atoms with Crippen LogP contribution in [0.2, 0.25) is 10.0 Å². The molecular weight excluding hydrogens is 459 g/mol. The van der Waals surface area contributed by atoms with E-state index < -0.39 is 12.0 Å². The predicted molar refractivity (Wildman–Crippen MR) is 124 cm³/mol. The van der Waals surface area contributed by atoms with E-state index in [2.05, 4.69) is 4.99 Å². The van der Waals surface area contributed by atoms with Crippen molar-refractivity contribution in [1.29, 1.82) is 0 Å². The fourth-order valence-electron chi connectivity index (χ4n) is 3.72. The summed E-state index contributed by atoms with van der Waals surface area (Å²) < 4.78 is 11.0. The molecule has 0 saturated heterocycles. The van der Waals surface area contributed by atoms with Crippen molar-refractivity contribution < 1.29 is 19.4 Å². The molecule has 1 atom stereocenters. The lowest BCUT2D eigenvalue weighted by Gasteiger charge is -2.33. The number of fused-ring (bicyclic) bond motifs is 1. The third-order valence-electron chi connectivity index (χ3n) is 5.05. The van der Waals surface area contributed by atoms with E-state index in [-0.39, 0.29) is 5.57 Å². The van der Waals surface area contributed by atoms with Gasteiger partial charge in [0.2, 0.25) is 0 Å². The number of carboxylic acid groups (broad SMARTS) is 1. The summed E-state index contributed by atoms with van der Waals surface area (Å²) in [6.07, 6.45) is 1.83. The van der Waals surface area contributed by atoms with Crippen molar-refractivity contribution in [2.75, 3.05) is 14.2 Å². The number of hydrogen-bond acceptors (Lipinski definition) is 6. The summed E-state index contributed by atoms with van der Waals surface area (Å²) in [6.45, 7) is 1.69. The third kappa shape index (κ3) is 3.67. The van der Waals surface area contributed by atoms with E-state index in [1.54, 1.807) is 37.3 Å². The largest absolute Gasteiger partial charge is 0.493 e. The summed E-state index contributed by atoms with van der Waals surface area (Å²) in [5.41, 5.74) is 1.90. The van der Waals surface area contributed by atoms with Gasteiger partial charge in [0.25, 0.3) is 0 Å². The Bertz CT molecular complexity index is 1160. The van der Waals surface area contributed by atoms with Crippen molar-refractivity contribution in [2.45, 2.75) is 13.0 Å². The van der Waals surface area contributed by atoms with Gasteiger partial charge in [-0.3, -0.25) is 0 Å². The van der Waals surface area contributed by atoms with E-state index in [4.69, 9.17) is 32.7 Å². The molecule has 2 aromatic carbocycles. The Morgan fingerprint density at radius 3 is 2.42 bits per heavy atom. The molecule has 0 spiro atoms. The maximum Gasteiger partial charge on any atom is 0.335 e. The highest BCUT2D eigenvalue weighted by molar-refractivity contribution is 8.22. The molecule has 0 amide bonds. The molecule has 31 heavy (non-hydrogen) atoms. The second kappa shape index (κ2) is 8.49. The van der Waals surface area contributed by atoms with Gasteiger partial charge in [0.15, 0.2) is 16.7 Å². The minimum absolute atomic E-state index is 0.152. The lowest BCUT2D eigenvalue weighted by Crippen LogP contribution is -2.33. The zero-order valence-corrected chi connectivity index (χ0v) is 19.2. The van der Waals surface area contributed by atoms with Gasteiger partial charge < -0.3 is 19.5 Å². The molecular formula is C22H18Cl2N2O4S. The Balaban J connectivity index is 1.92. The summed E-state index contributed by atoms with van der Waals surface area (Å²) in [7, 11) is 3.07. The molecule has 1 N–H and O–H groups in total. The fraction of sp³-hybridized carbons (Fsp3) is 0.182. The second-order valence-electron chi connectivity index (χ2n) is 6.78. The molecule has 160 valence electrons. The van der Waals surface area contributed by atoms with Crippen LogP contribution in [0.3, 0.4) is 0 Å². The van der Waals surface area contributed by atoms with E-state index in [1.807, 2.05) is 17.2 Å². The van der Waals surface area contributed by atoms with E-state index in [1.165, 1.54) is 26.0 Å². The van der Waals surface area contributed by atoms with E-state index in [0.29, 0.717) is 43.5 Å². The molecule has 4 rings (SSSR count). The molecule has 0 aromatic heterocycles. The molecule has 0 fully saturated rings. The van der Waals surface area contributed by atoms with Crippen molar-refractivity contribution in [3.63, 3.8) is 0 Å². The lowest BCUT2D eigenvalue weighted by molar-refractivity contribution is -0.133. The maximum absolute atomic E-state index is 12.3. The highest BCUT2D eigenvalue weighted by Crippen LogP contribution is 2.50. The molecule has 0 bridgehead atoms. The summed E-state index contributed by atoms with van der Waals surface area (Å²) >= 11 is 14.2. The highest BCUT2D eigenvalue weighted by atomic mass is 35.5. The maximum atomic E-state index is 12.3. The van der Waals surface area contributed by atoms with Crippen molar-refractivity contribution in [3.05, 3.63) is 75.0 Å². The molecule has 9 heteroatoms. The van der Waals surface area contributed by atoms with Crippen LogP contribution >= 0.6 is 35.0 Å². The molecule has 0 radical (unpaired) electrons. The van der Waals surface area contributed by atoms with Crippen LogP contribution in [0, 0.1) is 0 Å². The van der Waals surface area contributed by atoms with Gasteiger partial charge in [-0.1, -0.05) is 41.4 Å². The number of aliphatic imine (C=N–C) groups is 1. The van der Waals surface area contributed by atoms with Gasteiger partial charge in [-0.15, -0.1) is 0 Å². The predicted octanol–water partition coefficient (Wildman–Crippen LogP) is 5.83. The number of amidine groups is 1. The van der Waals surface area contributed by atoms with Crippen LogP contribution in [0.5, 0.6) is 11.5 Å². The SMILES string of the molecule is COc1cccc([C@H]2C(C(=O)O)=C(C)N=C3SC(c4c(Cl)cccc4Cl)=CN32)c1OC. The number of methoxy groups -OCH3 is 2. The summed E-state index contributed by atoms with van der Waals surface area (Å²) in [4.78, 5) is 19.4. The summed E-state index contributed by atoms with van der Waals surface area (Å²) in [5, 5.41) is 11.7. The number of rotatable bonds is 5. The number of allylic oxidation sites excluding steroid dienone is 1. The average Bonchev–Trinajstić information content (AvgIpc) is 3.14. The number of thioether (sulfide) groups is 1. The Morgan fingerprint density at radius 2 is 1.81 bits per heavy atom. The van der Waals surface area contributed by atoms with Gasteiger partial charge in [-0.25, -0.2) is 9.79 Å². The van der Waals surface area contributed by atoms with E-state index >= 15 is 0 Å². The molecule has 2 aliphatic rings. The zero-order chi connectivity index (χ0) is 22.3. The summed E-state index contributed by atoms with van der Waals surface area (Å²) in [6, 6.07) is 10.0. The zero-order valence-electron chi connectivity index (χ0n) is 16.8. The minimum atomic E-state index is -1.06. The van der Waals surface area contributed by atoms with Crippen molar-refractivity contribution in [3.8, 4) is 11.5 Å². The number of benzene rings is 2. The fourth-order valence-corrected chi connectivity index (χ4v) is 5.56. The lowest BCUT2D eigenvalue weighted by atomic mass is 9.93. The van der Waals surface area contributed by atoms with Crippen LogP contribution in [0.4, 0.5) is 0 Å². The first-order chi connectivity index (χ1) is 14.9. The molecule has 2 aromatic rings. The number of carboxylic acids is 1. The minimum Gasteiger partial charge on any atom is -0.493 e. The van der Waals surface area contributed by atoms with Gasteiger partial charge in [-0.05, 0) is 36.9 Å². The number of halogens is 2. The first-order valence-electron chi connectivity index (χ1n) is 9.23. The Hall–Kier alpha value is -2.61. The molecule has 0 unspecified atom stereocenters. The standard InChI is InChI=1S/C22H18Cl2N2O4S/c1-11-17(21(27)28)19(12-6-4-9-15(29-2)20(12)30-3)26-10-16(31-22(26)25-11)18-13(23)7-5-8-14(18)24/h4-10,19H,1-3H3,(H,27,28)/t19-/m0/s1. The topological polar surface area (TPSA) is 71.4 Å². The third-order valence-corrected chi connectivity index (χ3v) is 6.69. The second-order valence-corrected chi connectivity index (χ2v) is 8.61. The first-order valence-corrected chi connectivity index (χ1v) is 10.8. The van der Waals surface area contributed by atoms with Crippen LogP contribution in [0.15, 0.2) is 58.9 Å². The van der Waals surface area contributed by atoms with Crippen molar-refractivity contribution in [1.82, 2.24) is 4.90 Å². The van der Waals surface area contributed by atoms with Crippen molar-refractivity contribution in [2.24, 2.45) is 4.99 Å². The molecule has 2 aliphatic heterocycles. The quantitative estimate of drug-likeness (QED) is 0.585.